The summed E-state index contributed by atoms with van der Waals surface area (Å²) >= 11 is 0. The Bertz CT molecular complexity index is 541. The van der Waals surface area contributed by atoms with Crippen molar-refractivity contribution in [2.45, 2.75) is 19.4 Å². The molecule has 2 aromatic rings. The van der Waals surface area contributed by atoms with Crippen molar-refractivity contribution in [2.75, 3.05) is 13.6 Å². The van der Waals surface area contributed by atoms with Gasteiger partial charge in [0, 0.05) is 18.0 Å². The molecule has 1 unspecified atom stereocenters. The van der Waals surface area contributed by atoms with Gasteiger partial charge in [0.2, 0.25) is 5.91 Å². The van der Waals surface area contributed by atoms with Gasteiger partial charge in [0.25, 0.3) is 0 Å². The normalized spacial score (nSPS) is 11.9. The molecule has 1 heterocycles. The second-order valence-corrected chi connectivity index (χ2v) is 4.30. The van der Waals surface area contributed by atoms with Gasteiger partial charge in [0.05, 0.1) is 6.42 Å². The minimum Gasteiger partial charge on any atom is -0.356 e. The lowest BCUT2D eigenvalue weighted by Crippen LogP contribution is -2.37. The third-order valence-corrected chi connectivity index (χ3v) is 2.88. The molecule has 1 amide bonds. The molecule has 5 nitrogen and oxygen atoms in total. The van der Waals surface area contributed by atoms with E-state index in [1.165, 1.54) is 0 Å². The van der Waals surface area contributed by atoms with Gasteiger partial charge < -0.3 is 15.2 Å². The van der Waals surface area contributed by atoms with Crippen LogP contribution in [0.1, 0.15) is 12.6 Å². The van der Waals surface area contributed by atoms with Crippen LogP contribution in [0.15, 0.2) is 28.8 Å². The monoisotopic (exact) mass is 283 g/mol. The zero-order chi connectivity index (χ0) is 13.0. The third-order valence-electron chi connectivity index (χ3n) is 2.88. The number of para-hydroxylation sites is 1. The molecule has 1 aromatic heterocycles. The lowest BCUT2D eigenvalue weighted by atomic mass is 10.1. The Kier molecular flexibility index (Phi) is 5.79. The summed E-state index contributed by atoms with van der Waals surface area (Å²) in [5, 5.41) is 10.7. The van der Waals surface area contributed by atoms with E-state index >= 15 is 0 Å². The van der Waals surface area contributed by atoms with E-state index in [0.29, 0.717) is 17.8 Å². The van der Waals surface area contributed by atoms with Gasteiger partial charge in [0.15, 0.2) is 5.58 Å². The number of hydrogen-bond donors (Lipinski definition) is 2. The molecule has 1 aromatic carbocycles. The molecule has 104 valence electrons. The van der Waals surface area contributed by atoms with Crippen molar-refractivity contribution >= 4 is 29.3 Å². The van der Waals surface area contributed by atoms with Crippen LogP contribution < -0.4 is 10.6 Å². The molecule has 2 N–H and O–H groups in total. The van der Waals surface area contributed by atoms with Crippen molar-refractivity contribution in [2.24, 2.45) is 0 Å². The molecular weight excluding hydrogens is 266 g/mol. The molecule has 0 aliphatic carbocycles. The summed E-state index contributed by atoms with van der Waals surface area (Å²) in [4.78, 5) is 11.8. The minimum atomic E-state index is -0.0452. The Morgan fingerprint density at radius 1 is 1.42 bits per heavy atom. The van der Waals surface area contributed by atoms with Crippen molar-refractivity contribution in [3.8, 4) is 0 Å². The van der Waals surface area contributed by atoms with Gasteiger partial charge in [-0.1, -0.05) is 17.3 Å². The maximum absolute atomic E-state index is 11.8. The summed E-state index contributed by atoms with van der Waals surface area (Å²) < 4.78 is 5.15. The number of halogens is 1. The summed E-state index contributed by atoms with van der Waals surface area (Å²) in [6.07, 6.45) is 0.243. The minimum absolute atomic E-state index is 0. The number of fused-ring (bicyclic) bond motifs is 1. The van der Waals surface area contributed by atoms with Crippen LogP contribution >= 0.6 is 12.4 Å². The lowest BCUT2D eigenvalue weighted by molar-refractivity contribution is -0.120. The van der Waals surface area contributed by atoms with Crippen molar-refractivity contribution in [1.29, 1.82) is 0 Å². The van der Waals surface area contributed by atoms with Crippen molar-refractivity contribution in [3.63, 3.8) is 0 Å². The highest BCUT2D eigenvalue weighted by Crippen LogP contribution is 2.17. The number of amides is 1. The fourth-order valence-electron chi connectivity index (χ4n) is 1.65. The summed E-state index contributed by atoms with van der Waals surface area (Å²) in [5.74, 6) is -0.0452. The first-order valence-electron chi connectivity index (χ1n) is 5.98. The topological polar surface area (TPSA) is 67.2 Å². The molecule has 0 bridgehead atoms. The second kappa shape index (κ2) is 7.11. The van der Waals surface area contributed by atoms with Gasteiger partial charge in [-0.25, -0.2) is 0 Å². The van der Waals surface area contributed by atoms with E-state index < -0.39 is 0 Å². The molecule has 0 spiro atoms. The fraction of sp³-hybridized carbons (Fsp3) is 0.385. The molecule has 0 aliphatic heterocycles. The Morgan fingerprint density at radius 2 is 2.16 bits per heavy atom. The summed E-state index contributed by atoms with van der Waals surface area (Å²) in [6.45, 7) is 2.61. The number of aromatic nitrogens is 1. The number of likely N-dealkylation sites (N-methyl/N-ethyl adjacent to an activating group) is 1. The third kappa shape index (κ3) is 3.94. The maximum Gasteiger partial charge on any atom is 0.226 e. The number of benzene rings is 1. The van der Waals surface area contributed by atoms with Gasteiger partial charge in [-0.05, 0) is 26.1 Å². The first-order valence-corrected chi connectivity index (χ1v) is 5.98. The standard InChI is InChI=1S/C13H17N3O2.ClH/c1-9(14-2)8-15-13(17)7-11-10-5-3-4-6-12(10)18-16-11;/h3-6,9,14H,7-8H2,1-2H3,(H,15,17);1H. The first kappa shape index (κ1) is 15.5. The van der Waals surface area contributed by atoms with Crippen LogP contribution in [-0.4, -0.2) is 30.7 Å². The molecule has 0 saturated heterocycles. The average Bonchev–Trinajstić information content (AvgIpc) is 2.79. The largest absolute Gasteiger partial charge is 0.356 e. The van der Waals surface area contributed by atoms with Crippen LogP contribution in [0.25, 0.3) is 11.0 Å². The molecule has 0 aliphatic rings. The highest BCUT2D eigenvalue weighted by Gasteiger charge is 2.12. The predicted octanol–water partition coefficient (Wildman–Crippen LogP) is 1.52. The van der Waals surface area contributed by atoms with E-state index in [9.17, 15) is 4.79 Å². The molecule has 19 heavy (non-hydrogen) atoms. The van der Waals surface area contributed by atoms with Crippen LogP contribution in [0.2, 0.25) is 0 Å². The number of nitrogens with one attached hydrogen (secondary N) is 2. The highest BCUT2D eigenvalue weighted by atomic mass is 35.5. The molecule has 0 radical (unpaired) electrons. The van der Waals surface area contributed by atoms with Gasteiger partial charge in [-0.15, -0.1) is 12.4 Å². The van der Waals surface area contributed by atoms with Crippen LogP contribution in [0.5, 0.6) is 0 Å². The maximum atomic E-state index is 11.8. The van der Waals surface area contributed by atoms with Crippen LogP contribution in [0, 0.1) is 0 Å². The number of nitrogens with zero attached hydrogens (tertiary/aromatic N) is 1. The highest BCUT2D eigenvalue weighted by molar-refractivity contribution is 5.86. The van der Waals surface area contributed by atoms with Crippen molar-refractivity contribution in [1.82, 2.24) is 15.8 Å². The SMILES string of the molecule is CNC(C)CNC(=O)Cc1noc2ccccc12.Cl. The quantitative estimate of drug-likeness (QED) is 0.873. The molecule has 1 atom stereocenters. The average molecular weight is 284 g/mol. The van der Waals surface area contributed by atoms with Gasteiger partial charge >= 0.3 is 0 Å². The Morgan fingerprint density at radius 3 is 2.89 bits per heavy atom. The number of rotatable bonds is 5. The van der Waals surface area contributed by atoms with Gasteiger partial charge in [-0.2, -0.15) is 0 Å². The summed E-state index contributed by atoms with van der Waals surface area (Å²) in [5.41, 5.74) is 1.39. The Balaban J connectivity index is 0.00000180. The van der Waals surface area contributed by atoms with Crippen molar-refractivity contribution in [3.05, 3.63) is 30.0 Å². The van der Waals surface area contributed by atoms with Crippen molar-refractivity contribution < 1.29 is 9.32 Å². The number of carbonyl (C=O) groups excluding carboxylic acids is 1. The van der Waals surface area contributed by atoms with Gasteiger partial charge in [0.1, 0.15) is 5.69 Å². The van der Waals surface area contributed by atoms with E-state index in [1.54, 1.807) is 0 Å². The molecule has 2 rings (SSSR count). The van der Waals surface area contributed by atoms with Crippen LogP contribution in [-0.2, 0) is 11.2 Å². The van der Waals surface area contributed by atoms with E-state index in [4.69, 9.17) is 4.52 Å². The first-order chi connectivity index (χ1) is 8.70. The smallest absolute Gasteiger partial charge is 0.226 e. The zero-order valence-electron chi connectivity index (χ0n) is 11.0. The fourth-order valence-corrected chi connectivity index (χ4v) is 1.65. The van der Waals surface area contributed by atoms with Crippen LogP contribution in [0.3, 0.4) is 0 Å². The van der Waals surface area contributed by atoms with Crippen LogP contribution in [0.4, 0.5) is 0 Å². The Labute approximate surface area is 118 Å². The van der Waals surface area contributed by atoms with E-state index in [2.05, 4.69) is 15.8 Å². The second-order valence-electron chi connectivity index (χ2n) is 4.30. The Hall–Kier alpha value is -1.59. The predicted molar refractivity (Wildman–Crippen MR) is 76.5 cm³/mol. The number of carbonyl (C=O) groups is 1. The van der Waals surface area contributed by atoms with E-state index in [0.717, 1.165) is 5.39 Å². The molecular formula is C13H18ClN3O2. The molecule has 0 fully saturated rings. The molecule has 6 heteroatoms. The summed E-state index contributed by atoms with van der Waals surface area (Å²) in [6, 6.07) is 7.79. The lowest BCUT2D eigenvalue weighted by Gasteiger charge is -2.10. The number of hydrogen-bond acceptors (Lipinski definition) is 4. The van der Waals surface area contributed by atoms with E-state index in [-0.39, 0.29) is 30.8 Å². The summed E-state index contributed by atoms with van der Waals surface area (Å²) in [7, 11) is 1.86. The van der Waals surface area contributed by atoms with E-state index in [1.807, 2.05) is 38.2 Å². The molecule has 0 saturated carbocycles. The van der Waals surface area contributed by atoms with Gasteiger partial charge in [-0.3, -0.25) is 4.79 Å². The zero-order valence-corrected chi connectivity index (χ0v) is 11.8.